The second kappa shape index (κ2) is 33.4. The third kappa shape index (κ3) is 18.2. The van der Waals surface area contributed by atoms with Crippen molar-refractivity contribution in [1.82, 2.24) is 19.8 Å². The molecule has 26 heteroatoms. The number of nitrogens with one attached hydrogen (secondary N) is 3. The van der Waals surface area contributed by atoms with Gasteiger partial charge in [0.15, 0.2) is 18.6 Å². The maximum absolute atomic E-state index is 14.9. The van der Waals surface area contributed by atoms with Gasteiger partial charge >= 0.3 is 0 Å². The Hall–Kier alpha value is -11.3. The summed E-state index contributed by atoms with van der Waals surface area (Å²) in [6.07, 6.45) is 6.13. The molecule has 0 bridgehead atoms. The molecule has 5 aliphatic heterocycles. The summed E-state index contributed by atoms with van der Waals surface area (Å²) in [4.78, 5) is 72.9. The minimum absolute atomic E-state index is 0.00157. The number of hydrogen-bond donors (Lipinski definition) is 4. The van der Waals surface area contributed by atoms with E-state index in [0.29, 0.717) is 84.9 Å². The van der Waals surface area contributed by atoms with Gasteiger partial charge in [-0.2, -0.15) is 20.9 Å². The first kappa shape index (κ1) is 72.0. The second-order valence-electron chi connectivity index (χ2n) is 26.8. The van der Waals surface area contributed by atoms with Gasteiger partial charge in [0.2, 0.25) is 23.6 Å². The van der Waals surface area contributed by atoms with Crippen LogP contribution >= 0.6 is 0 Å². The molecule has 3 saturated carbocycles. The minimum Gasteiger partial charge on any atom is -0.489 e. The first-order valence-corrected chi connectivity index (χ1v) is 35.2. The number of piperidine rings is 2. The Bertz CT molecular complexity index is 4570. The van der Waals surface area contributed by atoms with Gasteiger partial charge in [0, 0.05) is 104 Å². The number of likely N-dealkylation sites (tertiary alicyclic amines) is 2. The molecule has 0 spiro atoms. The molecule has 5 amide bonds. The predicted octanol–water partition coefficient (Wildman–Crippen LogP) is 10.5. The molecule has 5 aromatic carbocycles. The van der Waals surface area contributed by atoms with Crippen LogP contribution in [-0.4, -0.2) is 162 Å². The van der Waals surface area contributed by atoms with Crippen LogP contribution in [0.5, 0.6) is 17.2 Å². The van der Waals surface area contributed by atoms with Gasteiger partial charge in [0.1, 0.15) is 71.9 Å². The van der Waals surface area contributed by atoms with E-state index < -0.39 is 37.1 Å². The quantitative estimate of drug-likeness (QED) is 0.0584. The molecular formula is C79H76F2N12O12. The number of nitrogens with zero attached hydrogens (tertiary/aromatic N) is 9. The normalized spacial score (nSPS) is 22.3. The van der Waals surface area contributed by atoms with Crippen molar-refractivity contribution in [2.24, 2.45) is 33.9 Å². The zero-order chi connectivity index (χ0) is 72.9. The van der Waals surface area contributed by atoms with E-state index in [2.05, 4.69) is 54.3 Å². The SMILES string of the molecule is N#Cc1cc(-c2cc(NC(=O)C3CC3)ccn2)ccc1O[C@H]1CCN(C(=O)C2=NN=CC2)C[C@H]1F.N#Cc1cc(-c2cccc(NC(=O)[C@@H]3C[C@@H]3c3ccccc3)c2)ccc1O[C@H]1CCN(C(=O)CO)C[C@H]1F.N#Cc1cc(-c2ccnc(NC(=O)[C@@H]3C[C@H]3C3OCCO3)c2)ccc1OC1CCOCC1. The fourth-order valence-corrected chi connectivity index (χ4v) is 13.3. The van der Waals surface area contributed by atoms with Gasteiger partial charge in [-0.1, -0.05) is 54.6 Å². The minimum atomic E-state index is -1.43. The van der Waals surface area contributed by atoms with Crippen molar-refractivity contribution in [3.05, 3.63) is 168 Å². The highest BCUT2D eigenvalue weighted by molar-refractivity contribution is 6.41. The monoisotopic (exact) mass is 1420 g/mol. The average molecular weight is 1420 g/mol. The summed E-state index contributed by atoms with van der Waals surface area (Å²) in [5.74, 6) is 0.991. The topological polar surface area (TPSA) is 325 Å². The first-order valence-electron chi connectivity index (χ1n) is 35.2. The van der Waals surface area contributed by atoms with Crippen molar-refractivity contribution in [2.45, 2.75) is 101 Å². The Morgan fingerprint density at radius 1 is 0.571 bits per heavy atom. The summed E-state index contributed by atoms with van der Waals surface area (Å²) in [6.45, 7) is 2.21. The lowest BCUT2D eigenvalue weighted by Gasteiger charge is -2.34. The van der Waals surface area contributed by atoms with Gasteiger partial charge in [-0.15, -0.1) is 5.10 Å². The van der Waals surface area contributed by atoms with Gasteiger partial charge in [0.05, 0.1) is 61.9 Å². The molecule has 15 rings (SSSR count). The first-order chi connectivity index (χ1) is 51.2. The van der Waals surface area contributed by atoms with Crippen molar-refractivity contribution in [1.29, 1.82) is 15.8 Å². The fourth-order valence-electron chi connectivity index (χ4n) is 13.3. The summed E-state index contributed by atoms with van der Waals surface area (Å²) in [5.41, 5.74) is 8.37. The van der Waals surface area contributed by atoms with Crippen LogP contribution in [0.3, 0.4) is 0 Å². The van der Waals surface area contributed by atoms with Gasteiger partial charge < -0.3 is 59.3 Å². The molecule has 105 heavy (non-hydrogen) atoms. The lowest BCUT2D eigenvalue weighted by molar-refractivity contribution is -0.138. The Morgan fingerprint density at radius 3 is 1.80 bits per heavy atom. The Kier molecular flexibility index (Phi) is 22.9. The van der Waals surface area contributed by atoms with E-state index >= 15 is 0 Å². The van der Waals surface area contributed by atoms with E-state index in [9.17, 15) is 48.5 Å². The molecular weight excluding hydrogens is 1350 g/mol. The van der Waals surface area contributed by atoms with Crippen LogP contribution in [0.2, 0.25) is 0 Å². The number of nitriles is 3. The summed E-state index contributed by atoms with van der Waals surface area (Å²) in [5, 5.41) is 54.3. The molecule has 8 aliphatic rings. The van der Waals surface area contributed by atoms with Crippen molar-refractivity contribution >= 4 is 58.7 Å². The summed E-state index contributed by atoms with van der Waals surface area (Å²) >= 11 is 0. The summed E-state index contributed by atoms with van der Waals surface area (Å²) < 4.78 is 63.7. The number of aliphatic hydroxyl groups is 1. The standard InChI is InChI=1S/C30H28FN3O4.C25H23FN6O3.C24H25N3O5/c31-26-17-34(29(36)18-35)12-11-28(26)38-27-10-9-21(13-22(27)16-32)20-7-4-8-23(14-20)33-30(37)25-15-24(25)19-5-2-1-3-6-19;26-19-14-32(25(34)20-6-9-29-31-20)10-7-23(19)35-22-4-3-16(11-17(22)13-27)21-12-18(5-8-28-21)30-24(33)15-1-2-15;25-14-17-11-15(1-2-21(17)32-18-4-7-29-8-5-18)16-3-6-26-22(12-16)27-23(28)19-13-20(19)24-30-9-10-31-24/h1-10,13-14,24-26,28,35H,11-12,15,17-18H2,(H,33,37);3-5,8-9,11-12,15,19,23H,1-2,6-7,10,14H2,(H,28,30,33);1-3,6,11-12,18-20,24H,4-5,7-10,13H2,(H,26,27,28)/t24-,25-,26-,28+;19-,23+;19-,20-/m111/s1. The number of amides is 5. The fraction of sp³-hybridized carbons (Fsp3) is 0.367. The van der Waals surface area contributed by atoms with E-state index in [4.69, 9.17) is 33.5 Å². The lowest BCUT2D eigenvalue weighted by Crippen LogP contribution is -2.50. The highest BCUT2D eigenvalue weighted by Gasteiger charge is 2.50. The van der Waals surface area contributed by atoms with Crippen LogP contribution < -0.4 is 30.2 Å². The van der Waals surface area contributed by atoms with Crippen LogP contribution in [-0.2, 0) is 38.2 Å². The van der Waals surface area contributed by atoms with Gasteiger partial charge in [0.25, 0.3) is 5.91 Å². The second-order valence-corrected chi connectivity index (χ2v) is 26.8. The Labute approximate surface area is 604 Å². The number of aliphatic hydroxyl groups excluding tert-OH is 1. The number of carbonyl (C=O) groups excluding carboxylic acids is 5. The highest BCUT2D eigenvalue weighted by atomic mass is 19.1. The summed E-state index contributed by atoms with van der Waals surface area (Å²) in [6, 6.07) is 46.7. The number of benzene rings is 5. The lowest BCUT2D eigenvalue weighted by atomic mass is 10.0. The molecule has 2 aromatic heterocycles. The number of anilines is 3. The van der Waals surface area contributed by atoms with Crippen molar-refractivity contribution < 1.29 is 66.3 Å². The van der Waals surface area contributed by atoms with Crippen LogP contribution in [0.15, 0.2) is 156 Å². The number of halogens is 2. The molecule has 0 unspecified atom stereocenters. The maximum Gasteiger partial charge on any atom is 0.270 e. The van der Waals surface area contributed by atoms with E-state index in [-0.39, 0.29) is 121 Å². The largest absolute Gasteiger partial charge is 0.489 e. The molecule has 0 radical (unpaired) electrons. The molecule has 7 fully saturated rings. The van der Waals surface area contributed by atoms with Crippen LogP contribution in [0.1, 0.15) is 86.0 Å². The van der Waals surface area contributed by atoms with Crippen LogP contribution in [0, 0.1) is 57.7 Å². The van der Waals surface area contributed by atoms with E-state index in [0.717, 1.165) is 60.8 Å². The molecule has 8 atom stereocenters. The van der Waals surface area contributed by atoms with Gasteiger partial charge in [-0.3, -0.25) is 29.0 Å². The average Bonchev–Trinajstić information content (AvgIpc) is 1.65. The Morgan fingerprint density at radius 2 is 1.16 bits per heavy atom. The van der Waals surface area contributed by atoms with Gasteiger partial charge in [-0.25, -0.2) is 13.8 Å². The zero-order valence-corrected chi connectivity index (χ0v) is 57.2. The molecule has 7 aromatic rings. The van der Waals surface area contributed by atoms with E-state index in [1.54, 1.807) is 73.2 Å². The molecule has 4 N–H and O–H groups in total. The third-order valence-corrected chi connectivity index (χ3v) is 19.5. The maximum atomic E-state index is 14.9. The molecule has 24 nitrogen and oxygen atoms in total. The number of aromatic nitrogens is 2. The number of pyridine rings is 2. The smallest absolute Gasteiger partial charge is 0.270 e. The van der Waals surface area contributed by atoms with Crippen molar-refractivity contribution in [2.75, 3.05) is 75.2 Å². The highest BCUT2D eigenvalue weighted by Crippen LogP contribution is 2.48. The van der Waals surface area contributed by atoms with Crippen molar-refractivity contribution in [3.63, 3.8) is 0 Å². The number of ether oxygens (including phenoxy) is 6. The molecule has 4 saturated heterocycles. The number of carbonyl (C=O) groups is 5. The van der Waals surface area contributed by atoms with Crippen LogP contribution in [0.4, 0.5) is 26.0 Å². The molecule has 7 heterocycles. The number of rotatable bonds is 19. The number of alkyl halides is 2. The van der Waals surface area contributed by atoms with Gasteiger partial charge in [-0.05, 0) is 138 Å². The zero-order valence-electron chi connectivity index (χ0n) is 57.2. The third-order valence-electron chi connectivity index (χ3n) is 19.5. The summed E-state index contributed by atoms with van der Waals surface area (Å²) in [7, 11) is 0. The van der Waals surface area contributed by atoms with E-state index in [1.165, 1.54) is 15.4 Å². The predicted molar refractivity (Wildman–Crippen MR) is 382 cm³/mol. The number of hydrogen-bond acceptors (Lipinski definition) is 19. The Balaban J connectivity index is 0.000000140. The van der Waals surface area contributed by atoms with Crippen molar-refractivity contribution in [3.8, 4) is 69.0 Å². The van der Waals surface area contributed by atoms with Crippen LogP contribution in [0.25, 0.3) is 33.5 Å². The molecule has 3 aliphatic carbocycles. The van der Waals surface area contributed by atoms with E-state index in [1.807, 2.05) is 78.9 Å². The molecule has 538 valence electrons.